The van der Waals surface area contributed by atoms with Crippen LogP contribution in [-0.4, -0.2) is 9.91 Å². The molecule has 0 aliphatic rings. The molecule has 1 heterocycles. The zero-order chi connectivity index (χ0) is 20.8. The van der Waals surface area contributed by atoms with E-state index < -0.39 is 10.4 Å². The van der Waals surface area contributed by atoms with Crippen LogP contribution in [-0.2, 0) is 6.42 Å². The molecule has 28 heavy (non-hydrogen) atoms. The molecule has 160 valence electrons. The van der Waals surface area contributed by atoms with E-state index in [0.717, 1.165) is 18.5 Å². The second-order valence-corrected chi connectivity index (χ2v) is 8.13. The minimum absolute atomic E-state index is 0.300. The Morgan fingerprint density at radius 2 is 1.18 bits per heavy atom. The Balaban J connectivity index is 2.12. The van der Waals surface area contributed by atoms with Crippen molar-refractivity contribution in [2.24, 2.45) is 0 Å². The zero-order valence-corrected chi connectivity index (χ0v) is 18.3. The van der Waals surface area contributed by atoms with Gasteiger partial charge in [-0.25, -0.2) is 0 Å². The van der Waals surface area contributed by atoms with E-state index >= 15 is 0 Å². The summed E-state index contributed by atoms with van der Waals surface area (Å²) >= 11 is 0. The van der Waals surface area contributed by atoms with Crippen LogP contribution in [0.1, 0.15) is 114 Å². The summed E-state index contributed by atoms with van der Waals surface area (Å²) in [6.45, 7) is 5.68. The lowest BCUT2D eigenvalue weighted by Gasteiger charge is -2.07. The summed E-state index contributed by atoms with van der Waals surface area (Å²) in [6.07, 6.45) is 18.7. The van der Waals surface area contributed by atoms with Crippen molar-refractivity contribution in [1.82, 2.24) is 4.98 Å². The number of aromatic amines is 1. The second-order valence-electron chi connectivity index (χ2n) is 8.13. The zero-order valence-electron chi connectivity index (χ0n) is 18.3. The summed E-state index contributed by atoms with van der Waals surface area (Å²) < 4.78 is 0. The first kappa shape index (κ1) is 24.4. The maximum atomic E-state index is 12.4. The number of rotatable bonds is 16. The molecular formula is C23H40N2O3. The molecule has 0 aromatic carbocycles. The number of aromatic nitrogens is 1. The van der Waals surface area contributed by atoms with Crippen LogP contribution in [0.5, 0.6) is 0 Å². The van der Waals surface area contributed by atoms with Gasteiger partial charge in [-0.2, -0.15) is 0 Å². The average molecular weight is 393 g/mol. The first-order chi connectivity index (χ1) is 13.5. The maximum absolute atomic E-state index is 12.4. The van der Waals surface area contributed by atoms with E-state index in [1.54, 1.807) is 6.92 Å². The molecule has 1 aromatic heterocycles. The van der Waals surface area contributed by atoms with Crippen molar-refractivity contribution in [2.75, 3.05) is 0 Å². The highest BCUT2D eigenvalue weighted by atomic mass is 16.6. The molecule has 0 unspecified atom stereocenters. The Bertz CT molecular complexity index is 637. The molecule has 5 nitrogen and oxygen atoms in total. The summed E-state index contributed by atoms with van der Waals surface area (Å²) in [4.78, 5) is 25.9. The fourth-order valence-corrected chi connectivity index (χ4v) is 3.92. The van der Waals surface area contributed by atoms with Crippen LogP contribution in [0.2, 0.25) is 0 Å². The van der Waals surface area contributed by atoms with E-state index in [9.17, 15) is 14.9 Å². The standard InChI is InChI=1S/C23H40N2O3/c1-4-5-6-7-8-9-10-11-12-13-14-15-16-17-18-21-19(2)24-20(3)22(23(21)26)25(27)28/h4-18H2,1-3H3,(H,24,26). The Labute approximate surface area is 170 Å². The normalized spacial score (nSPS) is 11.1. The van der Waals surface area contributed by atoms with Crippen LogP contribution >= 0.6 is 0 Å². The summed E-state index contributed by atoms with van der Waals surface area (Å²) in [5.41, 5.74) is 0.982. The minimum atomic E-state index is -0.567. The number of hydrogen-bond donors (Lipinski definition) is 1. The second kappa shape index (κ2) is 14.4. The molecule has 0 fully saturated rings. The number of hydrogen-bond acceptors (Lipinski definition) is 3. The van der Waals surface area contributed by atoms with Crippen molar-refractivity contribution in [1.29, 1.82) is 0 Å². The van der Waals surface area contributed by atoms with Crippen LogP contribution in [0.15, 0.2) is 4.79 Å². The largest absolute Gasteiger partial charge is 0.357 e. The van der Waals surface area contributed by atoms with Gasteiger partial charge in [0.2, 0.25) is 0 Å². The number of nitro groups is 1. The lowest BCUT2D eigenvalue weighted by molar-refractivity contribution is -0.386. The fraction of sp³-hybridized carbons (Fsp3) is 0.783. The highest BCUT2D eigenvalue weighted by molar-refractivity contribution is 5.40. The SMILES string of the molecule is CCCCCCCCCCCCCCCCc1c(C)[nH]c(C)c([N+](=O)[O-])c1=O. The predicted molar refractivity (Wildman–Crippen MR) is 117 cm³/mol. The molecule has 0 bridgehead atoms. The lowest BCUT2D eigenvalue weighted by atomic mass is 10.0. The van der Waals surface area contributed by atoms with E-state index in [1.807, 2.05) is 6.92 Å². The summed E-state index contributed by atoms with van der Waals surface area (Å²) in [5.74, 6) is 0. The van der Waals surface area contributed by atoms with Gasteiger partial charge in [0.05, 0.1) is 10.6 Å². The number of nitrogens with zero attached hydrogens (tertiary/aromatic N) is 1. The Morgan fingerprint density at radius 3 is 1.61 bits per heavy atom. The van der Waals surface area contributed by atoms with Crippen LogP contribution in [0, 0.1) is 24.0 Å². The van der Waals surface area contributed by atoms with Gasteiger partial charge in [0, 0.05) is 11.3 Å². The van der Waals surface area contributed by atoms with Crippen molar-refractivity contribution in [3.05, 3.63) is 37.3 Å². The number of H-pyrrole nitrogens is 1. The Kier molecular flexibility index (Phi) is 12.5. The van der Waals surface area contributed by atoms with Gasteiger partial charge in [-0.1, -0.05) is 90.4 Å². The summed E-state index contributed by atoms with van der Waals surface area (Å²) in [6, 6.07) is 0. The maximum Gasteiger partial charge on any atom is 0.335 e. The third-order valence-electron chi connectivity index (χ3n) is 5.63. The third-order valence-corrected chi connectivity index (χ3v) is 5.63. The first-order valence-corrected chi connectivity index (χ1v) is 11.4. The van der Waals surface area contributed by atoms with Crippen molar-refractivity contribution in [3.8, 4) is 0 Å². The molecule has 1 rings (SSSR count). The smallest absolute Gasteiger partial charge is 0.335 e. The van der Waals surface area contributed by atoms with E-state index in [0.29, 0.717) is 17.7 Å². The number of unbranched alkanes of at least 4 members (excludes halogenated alkanes) is 13. The number of aryl methyl sites for hydroxylation is 2. The van der Waals surface area contributed by atoms with Crippen molar-refractivity contribution >= 4 is 5.69 Å². The summed E-state index contributed by atoms with van der Waals surface area (Å²) in [5, 5.41) is 11.1. The Morgan fingerprint density at radius 1 is 0.750 bits per heavy atom. The molecule has 5 heteroatoms. The van der Waals surface area contributed by atoms with E-state index in [-0.39, 0.29) is 5.69 Å². The minimum Gasteiger partial charge on any atom is -0.357 e. The predicted octanol–water partition coefficient (Wildman–Crippen LogP) is 6.92. The number of nitrogens with one attached hydrogen (secondary N) is 1. The average Bonchev–Trinajstić information content (AvgIpc) is 2.63. The molecule has 0 saturated heterocycles. The molecule has 0 aliphatic heterocycles. The first-order valence-electron chi connectivity index (χ1n) is 11.4. The topological polar surface area (TPSA) is 76.0 Å². The van der Waals surface area contributed by atoms with Crippen LogP contribution < -0.4 is 5.43 Å². The highest BCUT2D eigenvalue weighted by Gasteiger charge is 2.21. The Hall–Kier alpha value is -1.65. The molecule has 0 saturated carbocycles. The lowest BCUT2D eigenvalue weighted by Crippen LogP contribution is -2.18. The monoisotopic (exact) mass is 392 g/mol. The van der Waals surface area contributed by atoms with Crippen molar-refractivity contribution in [3.63, 3.8) is 0 Å². The molecule has 0 amide bonds. The fourth-order valence-electron chi connectivity index (χ4n) is 3.92. The molecule has 1 aromatic rings. The molecule has 0 radical (unpaired) electrons. The third kappa shape index (κ3) is 9.03. The van der Waals surface area contributed by atoms with Gasteiger partial charge in [0.25, 0.3) is 5.43 Å². The highest BCUT2D eigenvalue weighted by Crippen LogP contribution is 2.17. The molecule has 0 spiro atoms. The molecular weight excluding hydrogens is 352 g/mol. The van der Waals surface area contributed by atoms with Gasteiger partial charge in [0.15, 0.2) is 0 Å². The molecule has 1 N–H and O–H groups in total. The molecule has 0 aliphatic carbocycles. The van der Waals surface area contributed by atoms with Gasteiger partial charge in [-0.05, 0) is 26.7 Å². The van der Waals surface area contributed by atoms with Crippen LogP contribution in [0.3, 0.4) is 0 Å². The quantitative estimate of drug-likeness (QED) is 0.188. The van der Waals surface area contributed by atoms with Crippen LogP contribution in [0.25, 0.3) is 0 Å². The van der Waals surface area contributed by atoms with E-state index in [4.69, 9.17) is 0 Å². The van der Waals surface area contributed by atoms with E-state index in [1.165, 1.54) is 77.0 Å². The van der Waals surface area contributed by atoms with Gasteiger partial charge < -0.3 is 4.98 Å². The van der Waals surface area contributed by atoms with E-state index in [2.05, 4.69) is 11.9 Å². The van der Waals surface area contributed by atoms with Gasteiger partial charge >= 0.3 is 5.69 Å². The summed E-state index contributed by atoms with van der Waals surface area (Å²) in [7, 11) is 0. The number of pyridine rings is 1. The van der Waals surface area contributed by atoms with Crippen molar-refractivity contribution < 1.29 is 4.92 Å². The molecule has 0 atom stereocenters. The van der Waals surface area contributed by atoms with Gasteiger partial charge in [0.1, 0.15) is 0 Å². The van der Waals surface area contributed by atoms with Crippen molar-refractivity contribution in [2.45, 2.75) is 117 Å². The van der Waals surface area contributed by atoms with Gasteiger partial charge in [-0.3, -0.25) is 14.9 Å². The van der Waals surface area contributed by atoms with Gasteiger partial charge in [-0.15, -0.1) is 0 Å². The van der Waals surface area contributed by atoms with Crippen LogP contribution in [0.4, 0.5) is 5.69 Å².